The summed E-state index contributed by atoms with van der Waals surface area (Å²) in [6.07, 6.45) is 0. The molecule has 0 fully saturated rings. The van der Waals surface area contributed by atoms with Crippen LogP contribution in [0.2, 0.25) is 0 Å². The van der Waals surface area contributed by atoms with Crippen LogP contribution in [0.4, 0.5) is 5.82 Å². The normalized spacial score (nSPS) is 12.6. The second-order valence-corrected chi connectivity index (χ2v) is 6.24. The number of nitrogens with zero attached hydrogens (tertiary/aromatic N) is 3. The highest BCUT2D eigenvalue weighted by Gasteiger charge is 2.26. The van der Waals surface area contributed by atoms with Crippen LogP contribution in [-0.4, -0.2) is 33.9 Å². The van der Waals surface area contributed by atoms with Gasteiger partial charge in [0.15, 0.2) is 17.1 Å². The van der Waals surface area contributed by atoms with Crippen molar-refractivity contribution in [1.29, 1.82) is 0 Å². The lowest BCUT2D eigenvalue weighted by atomic mass is 10.2. The van der Waals surface area contributed by atoms with Gasteiger partial charge in [0.05, 0.1) is 23.3 Å². The minimum absolute atomic E-state index is 0.166. The van der Waals surface area contributed by atoms with Crippen molar-refractivity contribution in [2.45, 2.75) is 6.92 Å². The first-order valence-electron chi connectivity index (χ1n) is 8.81. The fourth-order valence-corrected chi connectivity index (χ4v) is 3.35. The molecule has 2 aromatic heterocycles. The molecule has 8 nitrogen and oxygen atoms in total. The lowest BCUT2D eigenvalue weighted by molar-refractivity contribution is 0.0529. The van der Waals surface area contributed by atoms with Crippen LogP contribution in [0, 0.1) is 0 Å². The highest BCUT2D eigenvalue weighted by Crippen LogP contribution is 2.37. The largest absolute Gasteiger partial charge is 0.462 e. The first-order chi connectivity index (χ1) is 13.7. The summed E-state index contributed by atoms with van der Waals surface area (Å²) in [5.74, 6) is 0.933. The fraction of sp³-hybridized carbons (Fsp3) is 0.150. The number of benzene rings is 2. The van der Waals surface area contributed by atoms with Crippen LogP contribution in [-0.2, 0) is 4.74 Å². The average molecular weight is 376 g/mol. The number of carbonyl (C=O) groups excluding carboxylic acids is 1. The van der Waals surface area contributed by atoms with Gasteiger partial charge in [-0.3, -0.25) is 4.57 Å². The van der Waals surface area contributed by atoms with Gasteiger partial charge in [0.1, 0.15) is 16.9 Å². The maximum atomic E-state index is 12.6. The van der Waals surface area contributed by atoms with Gasteiger partial charge >= 0.3 is 5.97 Å². The number of esters is 1. The number of hydrogen-bond donors (Lipinski definition) is 1. The van der Waals surface area contributed by atoms with E-state index in [9.17, 15) is 4.79 Å². The summed E-state index contributed by atoms with van der Waals surface area (Å²) in [6, 6.07) is 12.9. The number of nitrogen functional groups attached to an aromatic ring is 1. The van der Waals surface area contributed by atoms with Crippen molar-refractivity contribution in [1.82, 2.24) is 14.5 Å². The van der Waals surface area contributed by atoms with Crippen LogP contribution in [0.5, 0.6) is 11.5 Å². The highest BCUT2D eigenvalue weighted by molar-refractivity contribution is 6.09. The highest BCUT2D eigenvalue weighted by atomic mass is 16.7. The number of aromatic nitrogens is 3. The van der Waals surface area contributed by atoms with E-state index in [0.717, 1.165) is 0 Å². The van der Waals surface area contributed by atoms with Gasteiger partial charge < -0.3 is 19.9 Å². The molecule has 4 aromatic rings. The van der Waals surface area contributed by atoms with Crippen LogP contribution in [0.25, 0.3) is 27.9 Å². The van der Waals surface area contributed by atoms with Gasteiger partial charge in [-0.15, -0.1) is 0 Å². The standard InChI is InChI=1S/C20H16N4O4/c1-2-26-20(25)16-17-19(23-13-6-4-3-5-12(13)22-17)24(18(16)21)11-7-8-14-15(9-11)28-10-27-14/h3-9H,2,10,21H2,1H3. The first-order valence-corrected chi connectivity index (χ1v) is 8.81. The molecule has 0 unspecified atom stereocenters. The van der Waals surface area contributed by atoms with Crippen molar-refractivity contribution < 1.29 is 19.0 Å². The predicted molar refractivity (Wildman–Crippen MR) is 103 cm³/mol. The van der Waals surface area contributed by atoms with Gasteiger partial charge in [-0.25, -0.2) is 14.8 Å². The molecule has 0 amide bonds. The van der Waals surface area contributed by atoms with Crippen molar-refractivity contribution in [3.05, 3.63) is 48.0 Å². The van der Waals surface area contributed by atoms with Crippen LogP contribution in [0.1, 0.15) is 17.3 Å². The molecule has 2 N–H and O–H groups in total. The topological polar surface area (TPSA) is 101 Å². The molecule has 0 saturated carbocycles. The third kappa shape index (κ3) is 2.34. The number of anilines is 1. The van der Waals surface area contributed by atoms with Crippen molar-refractivity contribution >= 4 is 34.0 Å². The minimum atomic E-state index is -0.533. The molecule has 0 aliphatic carbocycles. The number of para-hydroxylation sites is 2. The SMILES string of the molecule is CCOC(=O)c1c(N)n(-c2ccc3c(c2)OCO3)c2nc3ccccc3nc12. The van der Waals surface area contributed by atoms with Gasteiger partial charge in [0, 0.05) is 6.07 Å². The zero-order valence-electron chi connectivity index (χ0n) is 15.0. The van der Waals surface area contributed by atoms with Crippen molar-refractivity contribution in [2.24, 2.45) is 0 Å². The Bertz CT molecular complexity index is 1250. The van der Waals surface area contributed by atoms with E-state index in [-0.39, 0.29) is 24.8 Å². The second-order valence-electron chi connectivity index (χ2n) is 6.24. The molecule has 3 heterocycles. The molecule has 0 saturated heterocycles. The van der Waals surface area contributed by atoms with E-state index in [2.05, 4.69) is 4.98 Å². The summed E-state index contributed by atoms with van der Waals surface area (Å²) in [4.78, 5) is 22.0. The van der Waals surface area contributed by atoms with E-state index < -0.39 is 5.97 Å². The molecule has 1 aliphatic heterocycles. The zero-order valence-corrected chi connectivity index (χ0v) is 15.0. The Morgan fingerprint density at radius 1 is 1.14 bits per heavy atom. The zero-order chi connectivity index (χ0) is 19.3. The Labute approximate surface area is 159 Å². The number of fused-ring (bicyclic) bond motifs is 3. The van der Waals surface area contributed by atoms with E-state index in [1.165, 1.54) is 0 Å². The van der Waals surface area contributed by atoms with Gasteiger partial charge in [-0.05, 0) is 31.2 Å². The number of ether oxygens (including phenoxy) is 3. The number of carbonyl (C=O) groups is 1. The molecule has 0 spiro atoms. The summed E-state index contributed by atoms with van der Waals surface area (Å²) >= 11 is 0. The molecule has 0 radical (unpaired) electrons. The average Bonchev–Trinajstić information content (AvgIpc) is 3.27. The molecular formula is C20H16N4O4. The van der Waals surface area contributed by atoms with Gasteiger partial charge in [0.2, 0.25) is 6.79 Å². The van der Waals surface area contributed by atoms with E-state index in [1.54, 1.807) is 23.6 Å². The molecule has 0 bridgehead atoms. The van der Waals surface area contributed by atoms with E-state index in [1.807, 2.05) is 30.3 Å². The first kappa shape index (κ1) is 16.4. The summed E-state index contributed by atoms with van der Waals surface area (Å²) in [5, 5.41) is 0. The Hall–Kier alpha value is -3.81. The van der Waals surface area contributed by atoms with Crippen molar-refractivity contribution in [3.8, 4) is 17.2 Å². The minimum Gasteiger partial charge on any atom is -0.462 e. The summed E-state index contributed by atoms with van der Waals surface area (Å²) < 4.78 is 17.7. The van der Waals surface area contributed by atoms with Crippen LogP contribution >= 0.6 is 0 Å². The maximum absolute atomic E-state index is 12.6. The van der Waals surface area contributed by atoms with Crippen molar-refractivity contribution in [2.75, 3.05) is 19.1 Å². The number of rotatable bonds is 3. The maximum Gasteiger partial charge on any atom is 0.344 e. The summed E-state index contributed by atoms with van der Waals surface area (Å²) in [5.41, 5.74) is 9.52. The third-order valence-electron chi connectivity index (χ3n) is 4.59. The molecular weight excluding hydrogens is 360 g/mol. The van der Waals surface area contributed by atoms with Gasteiger partial charge in [-0.2, -0.15) is 0 Å². The van der Waals surface area contributed by atoms with E-state index in [0.29, 0.717) is 39.4 Å². The molecule has 0 atom stereocenters. The molecule has 5 rings (SSSR count). The molecule has 140 valence electrons. The van der Waals surface area contributed by atoms with Crippen molar-refractivity contribution in [3.63, 3.8) is 0 Å². The lowest BCUT2D eigenvalue weighted by Gasteiger charge is -2.09. The molecule has 28 heavy (non-hydrogen) atoms. The molecule has 2 aromatic carbocycles. The van der Waals surface area contributed by atoms with Crippen LogP contribution < -0.4 is 15.2 Å². The van der Waals surface area contributed by atoms with Crippen LogP contribution in [0.3, 0.4) is 0 Å². The van der Waals surface area contributed by atoms with Gasteiger partial charge in [-0.1, -0.05) is 12.1 Å². The Morgan fingerprint density at radius 2 is 1.89 bits per heavy atom. The fourth-order valence-electron chi connectivity index (χ4n) is 3.35. The van der Waals surface area contributed by atoms with Gasteiger partial charge in [0.25, 0.3) is 0 Å². The number of nitrogens with two attached hydrogens (primary N) is 1. The number of hydrogen-bond acceptors (Lipinski definition) is 7. The summed E-state index contributed by atoms with van der Waals surface area (Å²) in [6.45, 7) is 2.14. The molecule has 8 heteroatoms. The predicted octanol–water partition coefficient (Wildman–Crippen LogP) is 3.06. The van der Waals surface area contributed by atoms with E-state index in [4.69, 9.17) is 24.9 Å². The Kier molecular flexibility index (Phi) is 3.58. The van der Waals surface area contributed by atoms with Crippen LogP contribution in [0.15, 0.2) is 42.5 Å². The monoisotopic (exact) mass is 376 g/mol. The quantitative estimate of drug-likeness (QED) is 0.548. The Balaban J connectivity index is 1.83. The third-order valence-corrected chi connectivity index (χ3v) is 4.59. The molecule has 1 aliphatic rings. The summed E-state index contributed by atoms with van der Waals surface area (Å²) in [7, 11) is 0. The smallest absolute Gasteiger partial charge is 0.344 e. The van der Waals surface area contributed by atoms with E-state index >= 15 is 0 Å². The second kappa shape index (κ2) is 6.12. The lowest BCUT2D eigenvalue weighted by Crippen LogP contribution is -2.09. The Morgan fingerprint density at radius 3 is 2.68 bits per heavy atom.